The molecule has 56 valence electrons. The van der Waals surface area contributed by atoms with E-state index in [4.69, 9.17) is 4.79 Å². The van der Waals surface area contributed by atoms with Crippen LogP contribution in [-0.2, 0) is 9.53 Å². The van der Waals surface area contributed by atoms with Gasteiger partial charge in [-0.1, -0.05) is 0 Å². The van der Waals surface area contributed by atoms with Crippen LogP contribution >= 0.6 is 0 Å². The second-order valence-corrected chi connectivity index (χ2v) is 2.45. The number of carbonyl (C=O) groups is 1. The van der Waals surface area contributed by atoms with Crippen LogP contribution in [0.4, 0.5) is 0 Å². The summed E-state index contributed by atoms with van der Waals surface area (Å²) in [5.74, 6) is -0.369. The topological polar surface area (TPSA) is 47.7 Å². The van der Waals surface area contributed by atoms with Crippen molar-refractivity contribution in [1.82, 2.24) is 0 Å². The van der Waals surface area contributed by atoms with E-state index < -0.39 is 0 Å². The van der Waals surface area contributed by atoms with Gasteiger partial charge in [0.1, 0.15) is 0 Å². The van der Waals surface area contributed by atoms with Gasteiger partial charge in [0.2, 0.25) is 0 Å². The highest BCUT2D eigenvalue weighted by atomic mass is 16.5. The molecule has 3 nitrogen and oxygen atoms in total. The Bertz CT molecular complexity index is 162. The van der Waals surface area contributed by atoms with Crippen LogP contribution in [0, 0.1) is 5.92 Å². The third-order valence-electron chi connectivity index (χ3n) is 1.81. The maximum absolute atomic E-state index is 10.9. The van der Waals surface area contributed by atoms with E-state index in [1.165, 1.54) is 7.11 Å². The van der Waals surface area contributed by atoms with Crippen molar-refractivity contribution in [3.63, 3.8) is 0 Å². The van der Waals surface area contributed by atoms with E-state index in [2.05, 4.69) is 4.74 Å². The van der Waals surface area contributed by atoms with Gasteiger partial charge in [0.15, 0.2) is 18.8 Å². The van der Waals surface area contributed by atoms with Gasteiger partial charge in [-0.15, -0.1) is 0 Å². The quantitative estimate of drug-likeness (QED) is 0.305. The van der Waals surface area contributed by atoms with Crippen molar-refractivity contribution < 1.29 is 14.3 Å². The molecule has 1 aliphatic carbocycles. The molecule has 0 aromatic rings. The summed E-state index contributed by atoms with van der Waals surface area (Å²) in [6.07, 6.45) is 2.19. The molecule has 3 heteroatoms. The Hall–Kier alpha value is -0.860. The molecule has 0 aromatic carbocycles. The molecular formula is C7H11O3+. The van der Waals surface area contributed by atoms with E-state index in [1.54, 1.807) is 0 Å². The summed E-state index contributed by atoms with van der Waals surface area (Å²) in [6, 6.07) is 0. The number of esters is 1. The molecule has 1 atom stereocenters. The fraction of sp³-hybridized carbons (Fsp3) is 0.714. The van der Waals surface area contributed by atoms with E-state index in [0.717, 1.165) is 12.8 Å². The lowest BCUT2D eigenvalue weighted by molar-refractivity contribution is -0.119. The lowest BCUT2D eigenvalue weighted by Crippen LogP contribution is -2.20. The van der Waals surface area contributed by atoms with Gasteiger partial charge in [-0.2, -0.15) is 0 Å². The first-order valence-electron chi connectivity index (χ1n) is 3.38. The molecule has 1 fully saturated rings. The molecule has 1 N–H and O–H groups in total. The molecule has 0 aromatic heterocycles. The normalized spacial score (nSPS) is 24.9. The number of rotatable bonds is 1. The van der Waals surface area contributed by atoms with E-state index in [9.17, 15) is 4.79 Å². The summed E-state index contributed by atoms with van der Waals surface area (Å²) < 4.78 is 4.56. The molecule has 1 saturated carbocycles. The first-order valence-corrected chi connectivity index (χ1v) is 3.38. The third kappa shape index (κ3) is 1.17. The minimum atomic E-state index is -0.343. The summed E-state index contributed by atoms with van der Waals surface area (Å²) in [6.45, 7) is 0. The van der Waals surface area contributed by atoms with Gasteiger partial charge in [0, 0.05) is 6.42 Å². The van der Waals surface area contributed by atoms with Gasteiger partial charge in [-0.3, -0.25) is 4.79 Å². The minimum Gasteiger partial charge on any atom is -0.338 e. The van der Waals surface area contributed by atoms with Crippen molar-refractivity contribution in [3.8, 4) is 0 Å². The van der Waals surface area contributed by atoms with Crippen molar-refractivity contribution in [2.45, 2.75) is 19.3 Å². The van der Waals surface area contributed by atoms with Gasteiger partial charge < -0.3 is 9.53 Å². The van der Waals surface area contributed by atoms with Crippen LogP contribution in [0.3, 0.4) is 0 Å². The molecule has 1 aliphatic rings. The molecule has 0 spiro atoms. The largest absolute Gasteiger partial charge is 0.493 e. The van der Waals surface area contributed by atoms with Crippen molar-refractivity contribution in [2.75, 3.05) is 7.11 Å². The maximum atomic E-state index is 10.9. The van der Waals surface area contributed by atoms with Crippen LogP contribution in [0.5, 0.6) is 0 Å². The predicted molar refractivity (Wildman–Crippen MR) is 36.3 cm³/mol. The summed E-state index contributed by atoms with van der Waals surface area (Å²) in [4.78, 5) is 19.9. The van der Waals surface area contributed by atoms with Gasteiger partial charge in [0.05, 0.1) is 0 Å². The third-order valence-corrected chi connectivity index (χ3v) is 1.81. The van der Waals surface area contributed by atoms with Gasteiger partial charge >= 0.3 is 5.97 Å². The summed E-state index contributed by atoms with van der Waals surface area (Å²) in [7, 11) is 1.38. The summed E-state index contributed by atoms with van der Waals surface area (Å²) in [5, 5.41) is 0. The Labute approximate surface area is 59.4 Å². The smallest absolute Gasteiger partial charge is 0.338 e. The first kappa shape index (κ1) is 7.25. The summed E-state index contributed by atoms with van der Waals surface area (Å²) in [5.41, 5.74) is 0. The van der Waals surface area contributed by atoms with Crippen molar-refractivity contribution in [3.05, 3.63) is 0 Å². The number of hydrogen-bond donors (Lipinski definition) is 0. The SMILES string of the molecule is COC(=[OH+])C1CCCC1=O. The molecule has 1 unspecified atom stereocenters. The fourth-order valence-corrected chi connectivity index (χ4v) is 1.22. The highest BCUT2D eigenvalue weighted by Crippen LogP contribution is 2.21. The van der Waals surface area contributed by atoms with E-state index in [1.807, 2.05) is 0 Å². The lowest BCUT2D eigenvalue weighted by atomic mass is 10.1. The van der Waals surface area contributed by atoms with Crippen LogP contribution in [0.2, 0.25) is 0 Å². The maximum Gasteiger partial charge on any atom is 0.493 e. The number of ether oxygens (including phenoxy) is 1. The zero-order valence-corrected chi connectivity index (χ0v) is 5.96. The van der Waals surface area contributed by atoms with E-state index in [-0.39, 0.29) is 17.7 Å². The minimum absolute atomic E-state index is 0.0966. The predicted octanol–water partition coefficient (Wildman–Crippen LogP) is 0.504. The molecule has 0 aliphatic heterocycles. The monoisotopic (exact) mass is 143 g/mol. The number of Topliss-reactive ketones (excluding diaryl/α,β-unsaturated/α-hetero) is 1. The van der Waals surface area contributed by atoms with Crippen LogP contribution in [0.25, 0.3) is 0 Å². The number of hydrogen-bond acceptors (Lipinski definition) is 2. The molecule has 0 amide bonds. The van der Waals surface area contributed by atoms with Crippen LogP contribution in [-0.4, -0.2) is 23.7 Å². The van der Waals surface area contributed by atoms with Crippen molar-refractivity contribution in [2.24, 2.45) is 5.92 Å². The zero-order chi connectivity index (χ0) is 7.56. The van der Waals surface area contributed by atoms with Crippen molar-refractivity contribution >= 4 is 11.8 Å². The number of ketones is 1. The average Bonchev–Trinajstić information content (AvgIpc) is 2.34. The van der Waals surface area contributed by atoms with Gasteiger partial charge in [-0.25, -0.2) is 0 Å². The Morgan fingerprint density at radius 1 is 1.80 bits per heavy atom. The number of methoxy groups -OCH3 is 1. The molecule has 0 heterocycles. The highest BCUT2D eigenvalue weighted by Gasteiger charge is 2.36. The molecule has 10 heavy (non-hydrogen) atoms. The van der Waals surface area contributed by atoms with Crippen molar-refractivity contribution in [1.29, 1.82) is 0 Å². The molecular weight excluding hydrogens is 132 g/mol. The Kier molecular flexibility index (Phi) is 2.04. The van der Waals surface area contributed by atoms with Gasteiger partial charge in [0.25, 0.3) is 0 Å². The standard InChI is InChI=1S/C7H10O3/c1-10-7(9)5-3-2-4-6(5)8/h5H,2-4H2,1H3/p+1. The lowest BCUT2D eigenvalue weighted by Gasteiger charge is -1.94. The Balaban J connectivity index is 2.55. The Morgan fingerprint density at radius 2 is 2.50 bits per heavy atom. The first-order chi connectivity index (χ1) is 4.75. The molecule has 1 rings (SSSR count). The highest BCUT2D eigenvalue weighted by molar-refractivity contribution is 6.00. The number of carbonyl (C=O) groups excluding carboxylic acids is 2. The molecule has 0 radical (unpaired) electrons. The fourth-order valence-electron chi connectivity index (χ4n) is 1.22. The van der Waals surface area contributed by atoms with E-state index in [0.29, 0.717) is 6.42 Å². The average molecular weight is 143 g/mol. The Morgan fingerprint density at radius 3 is 2.90 bits per heavy atom. The second kappa shape index (κ2) is 2.82. The van der Waals surface area contributed by atoms with Gasteiger partial charge in [-0.05, 0) is 12.8 Å². The van der Waals surface area contributed by atoms with Crippen LogP contribution in [0.1, 0.15) is 19.3 Å². The van der Waals surface area contributed by atoms with Crippen LogP contribution < -0.4 is 0 Å². The molecule has 0 bridgehead atoms. The second-order valence-electron chi connectivity index (χ2n) is 2.45. The molecule has 0 saturated heterocycles. The summed E-state index contributed by atoms with van der Waals surface area (Å²) >= 11 is 0. The zero-order valence-electron chi connectivity index (χ0n) is 5.96. The van der Waals surface area contributed by atoms with E-state index >= 15 is 0 Å². The van der Waals surface area contributed by atoms with Crippen LogP contribution in [0.15, 0.2) is 0 Å².